The van der Waals surface area contributed by atoms with Gasteiger partial charge in [0.1, 0.15) is 6.07 Å². The Hall–Kier alpha value is -3.06. The first-order chi connectivity index (χ1) is 10.2. The lowest BCUT2D eigenvalue weighted by Gasteiger charge is -2.23. The maximum absolute atomic E-state index is 9.28. The van der Waals surface area contributed by atoms with E-state index in [4.69, 9.17) is 5.73 Å². The molecular formula is C17H14N4. The molecule has 2 N–H and O–H groups in total. The summed E-state index contributed by atoms with van der Waals surface area (Å²) in [6, 6.07) is 17.5. The van der Waals surface area contributed by atoms with Crippen LogP contribution in [0.1, 0.15) is 5.56 Å². The first-order valence-electron chi connectivity index (χ1n) is 6.58. The van der Waals surface area contributed by atoms with Crippen molar-refractivity contribution in [3.05, 3.63) is 60.3 Å². The summed E-state index contributed by atoms with van der Waals surface area (Å²) < 4.78 is 0. The lowest BCUT2D eigenvalue weighted by Crippen LogP contribution is -2.13. The molecule has 0 bridgehead atoms. The molecule has 0 aliphatic carbocycles. The molecule has 0 fully saturated rings. The number of hydrogen-bond donors (Lipinski definition) is 1. The van der Waals surface area contributed by atoms with E-state index >= 15 is 0 Å². The molecule has 0 amide bonds. The van der Waals surface area contributed by atoms with Gasteiger partial charge in [-0.15, -0.1) is 0 Å². The van der Waals surface area contributed by atoms with Gasteiger partial charge in [-0.05, 0) is 18.2 Å². The van der Waals surface area contributed by atoms with Gasteiger partial charge in [0.15, 0.2) is 0 Å². The number of rotatable bonds is 2. The number of aromatic nitrogens is 1. The van der Waals surface area contributed by atoms with Gasteiger partial charge in [0, 0.05) is 12.4 Å². The molecule has 21 heavy (non-hydrogen) atoms. The molecule has 0 spiro atoms. The minimum Gasteiger partial charge on any atom is -0.396 e. The minimum atomic E-state index is 0.587. The number of pyridine rings is 1. The van der Waals surface area contributed by atoms with Crippen molar-refractivity contribution in [1.29, 1.82) is 5.26 Å². The summed E-state index contributed by atoms with van der Waals surface area (Å²) in [6.07, 6.45) is 1.66. The normalized spacial score (nSPS) is 10.3. The second-order valence-corrected chi connectivity index (χ2v) is 4.77. The van der Waals surface area contributed by atoms with E-state index < -0.39 is 0 Å². The van der Waals surface area contributed by atoms with Gasteiger partial charge in [0.05, 0.1) is 34.3 Å². The van der Waals surface area contributed by atoms with E-state index in [1.807, 2.05) is 54.4 Å². The van der Waals surface area contributed by atoms with Crippen molar-refractivity contribution in [1.82, 2.24) is 4.98 Å². The Labute approximate surface area is 123 Å². The molecule has 0 aliphatic rings. The van der Waals surface area contributed by atoms with Gasteiger partial charge in [-0.2, -0.15) is 5.26 Å². The molecule has 4 heteroatoms. The predicted molar refractivity (Wildman–Crippen MR) is 85.4 cm³/mol. The second-order valence-electron chi connectivity index (χ2n) is 4.77. The van der Waals surface area contributed by atoms with Crippen molar-refractivity contribution >= 4 is 28.0 Å². The van der Waals surface area contributed by atoms with Crippen molar-refractivity contribution < 1.29 is 0 Å². The Balaban J connectivity index is 2.25. The van der Waals surface area contributed by atoms with E-state index in [9.17, 15) is 5.26 Å². The smallest absolute Gasteiger partial charge is 0.101 e. The van der Waals surface area contributed by atoms with Gasteiger partial charge >= 0.3 is 0 Å². The Kier molecular flexibility index (Phi) is 3.17. The van der Waals surface area contributed by atoms with Gasteiger partial charge in [0.2, 0.25) is 0 Å². The van der Waals surface area contributed by atoms with Crippen LogP contribution in [-0.4, -0.2) is 12.0 Å². The number of hydrogen-bond acceptors (Lipinski definition) is 4. The molecular weight excluding hydrogens is 260 g/mol. The third kappa shape index (κ3) is 2.15. The fourth-order valence-corrected chi connectivity index (χ4v) is 2.50. The molecule has 0 radical (unpaired) electrons. The molecule has 3 rings (SSSR count). The number of nitrogens with zero attached hydrogens (tertiary/aromatic N) is 3. The molecule has 3 aromatic rings. The van der Waals surface area contributed by atoms with Crippen molar-refractivity contribution in [3.63, 3.8) is 0 Å². The first-order valence-corrected chi connectivity index (χ1v) is 6.58. The van der Waals surface area contributed by atoms with Gasteiger partial charge in [-0.25, -0.2) is 0 Å². The SMILES string of the molecule is CN(c1ccccc1C#N)c1c(N)cnc2ccccc12. The molecule has 1 aromatic heterocycles. The Morgan fingerprint density at radius 1 is 1.10 bits per heavy atom. The number of nitrogens with two attached hydrogens (primary N) is 1. The third-order valence-electron chi connectivity index (χ3n) is 3.50. The number of benzene rings is 2. The van der Waals surface area contributed by atoms with Gasteiger partial charge in [0.25, 0.3) is 0 Å². The van der Waals surface area contributed by atoms with Crippen molar-refractivity contribution in [2.24, 2.45) is 0 Å². The molecule has 0 aliphatic heterocycles. The number of para-hydroxylation sites is 2. The second kappa shape index (κ2) is 5.14. The highest BCUT2D eigenvalue weighted by Gasteiger charge is 2.14. The molecule has 0 saturated carbocycles. The van der Waals surface area contributed by atoms with Crippen molar-refractivity contribution in [2.75, 3.05) is 17.7 Å². The quantitative estimate of drug-likeness (QED) is 0.777. The highest BCUT2D eigenvalue weighted by atomic mass is 15.1. The molecule has 2 aromatic carbocycles. The van der Waals surface area contributed by atoms with Crippen LogP contribution >= 0.6 is 0 Å². The van der Waals surface area contributed by atoms with E-state index in [0.29, 0.717) is 11.3 Å². The Morgan fingerprint density at radius 3 is 2.62 bits per heavy atom. The van der Waals surface area contributed by atoms with Gasteiger partial charge in [-0.1, -0.05) is 30.3 Å². The van der Waals surface area contributed by atoms with E-state index in [0.717, 1.165) is 22.3 Å². The summed E-state index contributed by atoms with van der Waals surface area (Å²) in [5.74, 6) is 0. The number of fused-ring (bicyclic) bond motifs is 1. The van der Waals surface area contributed by atoms with Crippen LogP contribution in [0.15, 0.2) is 54.7 Å². The van der Waals surface area contributed by atoms with Crippen LogP contribution in [0.2, 0.25) is 0 Å². The number of nitrogen functional groups attached to an aromatic ring is 1. The minimum absolute atomic E-state index is 0.587. The summed E-state index contributed by atoms with van der Waals surface area (Å²) in [6.45, 7) is 0. The maximum atomic E-state index is 9.28. The zero-order valence-corrected chi connectivity index (χ0v) is 11.6. The van der Waals surface area contributed by atoms with Crippen molar-refractivity contribution in [3.8, 4) is 6.07 Å². The largest absolute Gasteiger partial charge is 0.396 e. The van der Waals surface area contributed by atoms with Crippen LogP contribution in [0.3, 0.4) is 0 Å². The molecule has 4 nitrogen and oxygen atoms in total. The molecule has 0 saturated heterocycles. The molecule has 0 unspecified atom stereocenters. The highest BCUT2D eigenvalue weighted by molar-refractivity contribution is 5.99. The maximum Gasteiger partial charge on any atom is 0.101 e. The summed E-state index contributed by atoms with van der Waals surface area (Å²) >= 11 is 0. The van der Waals surface area contributed by atoms with E-state index in [1.165, 1.54) is 0 Å². The monoisotopic (exact) mass is 274 g/mol. The zero-order valence-electron chi connectivity index (χ0n) is 11.6. The molecule has 0 atom stereocenters. The Bertz CT molecular complexity index is 849. The summed E-state index contributed by atoms with van der Waals surface area (Å²) in [5, 5.41) is 10.2. The van der Waals surface area contributed by atoms with Crippen LogP contribution in [-0.2, 0) is 0 Å². The molecule has 1 heterocycles. The number of anilines is 3. The van der Waals surface area contributed by atoms with Crippen LogP contribution in [0.5, 0.6) is 0 Å². The lowest BCUT2D eigenvalue weighted by atomic mass is 10.1. The topological polar surface area (TPSA) is 65.9 Å². The van der Waals surface area contributed by atoms with E-state index in [-0.39, 0.29) is 0 Å². The standard InChI is InChI=1S/C17H14N4/c1-21(16-9-5-2-6-12(16)10-18)17-13-7-3-4-8-15(13)20-11-14(17)19/h2-9,11H,19H2,1H3. The fourth-order valence-electron chi connectivity index (χ4n) is 2.50. The first kappa shape index (κ1) is 12.9. The fraction of sp³-hybridized carbons (Fsp3) is 0.0588. The highest BCUT2D eigenvalue weighted by Crippen LogP contribution is 2.36. The Morgan fingerprint density at radius 2 is 1.81 bits per heavy atom. The average molecular weight is 274 g/mol. The number of nitriles is 1. The lowest BCUT2D eigenvalue weighted by molar-refractivity contribution is 1.20. The van der Waals surface area contributed by atoms with E-state index in [2.05, 4.69) is 11.1 Å². The van der Waals surface area contributed by atoms with Crippen LogP contribution in [0.25, 0.3) is 10.9 Å². The zero-order chi connectivity index (χ0) is 14.8. The van der Waals surface area contributed by atoms with Gasteiger partial charge < -0.3 is 10.6 Å². The molecule has 102 valence electrons. The predicted octanol–water partition coefficient (Wildman–Crippen LogP) is 3.46. The van der Waals surface area contributed by atoms with Crippen LogP contribution in [0.4, 0.5) is 17.1 Å². The van der Waals surface area contributed by atoms with Crippen molar-refractivity contribution in [2.45, 2.75) is 0 Å². The summed E-state index contributed by atoms with van der Waals surface area (Å²) in [4.78, 5) is 6.29. The summed E-state index contributed by atoms with van der Waals surface area (Å²) in [7, 11) is 1.91. The average Bonchev–Trinajstić information content (AvgIpc) is 2.54. The van der Waals surface area contributed by atoms with Crippen LogP contribution in [0, 0.1) is 11.3 Å². The summed E-state index contributed by atoms with van der Waals surface area (Å²) in [5.41, 5.74) is 9.89. The third-order valence-corrected chi connectivity index (χ3v) is 3.50. The van der Waals surface area contributed by atoms with Crippen LogP contribution < -0.4 is 10.6 Å². The van der Waals surface area contributed by atoms with Gasteiger partial charge in [-0.3, -0.25) is 4.98 Å². The van der Waals surface area contributed by atoms with E-state index in [1.54, 1.807) is 12.3 Å².